The second-order valence-electron chi connectivity index (χ2n) is 14.2. The van der Waals surface area contributed by atoms with E-state index in [9.17, 15) is 36.8 Å². The SMILES string of the molecule is C[C@H]1CCCCC/C=C\[C@H]2C[C@@]2(C(=O)NS(=O)(=O)CC(=O)Nc2ccccc2)CC(=O)[C@@H]2C[C@@H](OC(=O)N3Cc4cccc(F)c4C3)CN2C1=O. The topological polar surface area (TPSA) is 159 Å². The van der Waals surface area contributed by atoms with Gasteiger partial charge in [0.1, 0.15) is 17.7 Å². The quantitative estimate of drug-likeness (QED) is 0.414. The van der Waals surface area contributed by atoms with Gasteiger partial charge < -0.3 is 15.0 Å². The van der Waals surface area contributed by atoms with E-state index in [-0.39, 0.29) is 44.8 Å². The van der Waals surface area contributed by atoms with Crippen LogP contribution < -0.4 is 10.0 Å². The third-order valence-electron chi connectivity index (χ3n) is 10.4. The number of halogens is 1. The van der Waals surface area contributed by atoms with Crippen molar-refractivity contribution in [3.8, 4) is 0 Å². The molecule has 2 aromatic rings. The Balaban J connectivity index is 1.17. The largest absolute Gasteiger partial charge is 0.444 e. The van der Waals surface area contributed by atoms with Gasteiger partial charge in [0.05, 0.1) is 24.5 Å². The number of nitrogens with zero attached hydrogens (tertiary/aromatic N) is 2. The molecule has 0 radical (unpaired) electrons. The van der Waals surface area contributed by atoms with Gasteiger partial charge in [-0.3, -0.25) is 28.8 Å². The Hall–Kier alpha value is -4.59. The van der Waals surface area contributed by atoms with Crippen molar-refractivity contribution in [3.63, 3.8) is 0 Å². The van der Waals surface area contributed by atoms with Gasteiger partial charge in [-0.15, -0.1) is 0 Å². The number of nitrogens with one attached hydrogen (secondary N) is 2. The minimum Gasteiger partial charge on any atom is -0.444 e. The highest BCUT2D eigenvalue weighted by atomic mass is 32.2. The molecule has 14 heteroatoms. The van der Waals surface area contributed by atoms with Crippen molar-refractivity contribution in [1.82, 2.24) is 14.5 Å². The lowest BCUT2D eigenvalue weighted by atomic mass is 9.91. The molecule has 272 valence electrons. The van der Waals surface area contributed by atoms with Gasteiger partial charge in [0.2, 0.25) is 27.7 Å². The number of Topliss-reactive ketones (excluding diaryl/α,β-unsaturated/α-hetero) is 1. The molecule has 0 spiro atoms. The van der Waals surface area contributed by atoms with Gasteiger partial charge in [-0.25, -0.2) is 17.6 Å². The first-order valence-corrected chi connectivity index (χ1v) is 19.1. The van der Waals surface area contributed by atoms with Crippen LogP contribution in [0.15, 0.2) is 60.7 Å². The number of hydrogen-bond donors (Lipinski definition) is 2. The van der Waals surface area contributed by atoms with Crippen LogP contribution in [0.25, 0.3) is 0 Å². The highest BCUT2D eigenvalue weighted by Crippen LogP contribution is 2.57. The summed E-state index contributed by atoms with van der Waals surface area (Å²) in [5, 5.41) is 2.49. The van der Waals surface area contributed by atoms with E-state index in [4.69, 9.17) is 4.74 Å². The highest BCUT2D eigenvalue weighted by Gasteiger charge is 2.61. The summed E-state index contributed by atoms with van der Waals surface area (Å²) in [5.74, 6) is -4.63. The summed E-state index contributed by atoms with van der Waals surface area (Å²) in [4.78, 5) is 70.2. The second kappa shape index (κ2) is 14.9. The lowest BCUT2D eigenvalue weighted by Gasteiger charge is -2.27. The number of rotatable bonds is 6. The number of carbonyl (C=O) groups excluding carboxylic acids is 5. The average Bonchev–Trinajstić information content (AvgIpc) is 3.38. The van der Waals surface area contributed by atoms with Crippen LogP contribution in [-0.2, 0) is 47.0 Å². The Bertz CT molecular complexity index is 1840. The zero-order valence-corrected chi connectivity index (χ0v) is 29.3. The van der Waals surface area contributed by atoms with Crippen LogP contribution in [0, 0.1) is 23.1 Å². The van der Waals surface area contributed by atoms with Crippen LogP contribution in [0.3, 0.4) is 0 Å². The van der Waals surface area contributed by atoms with E-state index in [2.05, 4.69) is 5.32 Å². The number of anilines is 1. The molecule has 1 saturated heterocycles. The van der Waals surface area contributed by atoms with Crippen molar-refractivity contribution >= 4 is 45.3 Å². The van der Waals surface area contributed by atoms with Gasteiger partial charge in [-0.1, -0.05) is 62.2 Å². The fourth-order valence-electron chi connectivity index (χ4n) is 7.44. The number of fused-ring (bicyclic) bond motifs is 3. The molecule has 5 atom stereocenters. The molecule has 2 aromatic carbocycles. The van der Waals surface area contributed by atoms with Crippen molar-refractivity contribution in [1.29, 1.82) is 0 Å². The molecule has 0 aromatic heterocycles. The first-order chi connectivity index (χ1) is 24.3. The highest BCUT2D eigenvalue weighted by molar-refractivity contribution is 7.90. The summed E-state index contributed by atoms with van der Waals surface area (Å²) in [5.41, 5.74) is 0.108. The molecule has 0 bridgehead atoms. The second-order valence-corrected chi connectivity index (χ2v) is 15.9. The number of benzene rings is 2. The lowest BCUT2D eigenvalue weighted by Crippen LogP contribution is -2.46. The van der Waals surface area contributed by atoms with Crippen LogP contribution in [-0.4, -0.2) is 72.3 Å². The van der Waals surface area contributed by atoms with Crippen molar-refractivity contribution < 1.29 is 41.5 Å². The Morgan fingerprint density at radius 3 is 2.57 bits per heavy atom. The van der Waals surface area contributed by atoms with Crippen molar-refractivity contribution in [2.75, 3.05) is 17.6 Å². The van der Waals surface area contributed by atoms with Gasteiger partial charge >= 0.3 is 6.09 Å². The zero-order valence-electron chi connectivity index (χ0n) is 28.5. The predicted molar refractivity (Wildman–Crippen MR) is 185 cm³/mol. The number of amides is 4. The van der Waals surface area contributed by atoms with E-state index in [1.165, 1.54) is 15.9 Å². The monoisotopic (exact) mass is 722 g/mol. The summed E-state index contributed by atoms with van der Waals surface area (Å²) in [6, 6.07) is 12.0. The van der Waals surface area contributed by atoms with Crippen LogP contribution >= 0.6 is 0 Å². The van der Waals surface area contributed by atoms with Crippen molar-refractivity contribution in [3.05, 3.63) is 77.6 Å². The first kappa shape index (κ1) is 36.2. The zero-order chi connectivity index (χ0) is 36.3. The molecule has 2 fully saturated rings. The van der Waals surface area contributed by atoms with Crippen molar-refractivity contribution in [2.45, 2.75) is 83.5 Å². The Labute approximate surface area is 296 Å². The van der Waals surface area contributed by atoms with Crippen LogP contribution in [0.4, 0.5) is 14.9 Å². The molecule has 6 rings (SSSR count). The molecule has 51 heavy (non-hydrogen) atoms. The van der Waals surface area contributed by atoms with Crippen molar-refractivity contribution in [2.24, 2.45) is 17.3 Å². The predicted octanol–water partition coefficient (Wildman–Crippen LogP) is 4.45. The smallest absolute Gasteiger partial charge is 0.410 e. The lowest BCUT2D eigenvalue weighted by molar-refractivity contribution is -0.141. The summed E-state index contributed by atoms with van der Waals surface area (Å²) in [6.07, 6.45) is 6.07. The van der Waals surface area contributed by atoms with Gasteiger partial charge in [-0.2, -0.15) is 0 Å². The first-order valence-electron chi connectivity index (χ1n) is 17.5. The summed E-state index contributed by atoms with van der Waals surface area (Å²) in [7, 11) is -4.43. The minimum absolute atomic E-state index is 0.00828. The molecule has 4 amide bonds. The maximum absolute atomic E-state index is 14.3. The van der Waals surface area contributed by atoms with Gasteiger partial charge in [0, 0.05) is 36.6 Å². The number of hydrogen-bond acceptors (Lipinski definition) is 8. The van der Waals surface area contributed by atoms with E-state index in [1.807, 2.05) is 23.8 Å². The third kappa shape index (κ3) is 8.32. The summed E-state index contributed by atoms with van der Waals surface area (Å²) < 4.78 is 48.2. The Morgan fingerprint density at radius 1 is 1.02 bits per heavy atom. The molecule has 1 saturated carbocycles. The molecule has 4 aliphatic rings. The molecule has 2 N–H and O–H groups in total. The fourth-order valence-corrected chi connectivity index (χ4v) is 8.42. The van der Waals surface area contributed by atoms with Crippen LogP contribution in [0.2, 0.25) is 0 Å². The molecule has 12 nitrogen and oxygen atoms in total. The molecular weight excluding hydrogens is 679 g/mol. The number of para-hydroxylation sites is 1. The number of ether oxygens (including phenoxy) is 1. The number of allylic oxidation sites excluding steroid dienone is 2. The maximum Gasteiger partial charge on any atom is 0.410 e. The molecule has 1 aliphatic carbocycles. The molecule has 0 unspecified atom stereocenters. The maximum atomic E-state index is 14.3. The van der Waals surface area contributed by atoms with E-state index < -0.39 is 74.7 Å². The Morgan fingerprint density at radius 2 is 1.80 bits per heavy atom. The standard InChI is InChI=1S/C37H43FN4O8S/c1-24-11-6-3-2-4-7-13-26-18-37(26,35(46)40-51(48,49)23-33(44)39-27-14-8-5-9-15-27)19-32(43)31-17-28(21-42(31)34(24)45)50-36(47)41-20-25-12-10-16-30(38)29(25)22-41/h5,7-10,12-16,24,26,28,31H,2-4,6,11,17-23H2,1H3,(H,39,44)(H,40,46)/b13-7-/t24-,26-,28+,31-,37+/m0/s1. The van der Waals surface area contributed by atoms with E-state index in [0.717, 1.165) is 25.7 Å². The van der Waals surface area contributed by atoms with Gasteiger partial charge in [0.15, 0.2) is 5.78 Å². The molecule has 3 aliphatic heterocycles. The van der Waals surface area contributed by atoms with Crippen LogP contribution in [0.1, 0.15) is 69.4 Å². The number of ketones is 1. The van der Waals surface area contributed by atoms with Crippen LogP contribution in [0.5, 0.6) is 0 Å². The van der Waals surface area contributed by atoms with Gasteiger partial charge in [0.25, 0.3) is 0 Å². The number of sulfonamides is 1. The van der Waals surface area contributed by atoms with E-state index >= 15 is 0 Å². The van der Waals surface area contributed by atoms with Gasteiger partial charge in [-0.05, 0) is 55.4 Å². The Kier molecular flexibility index (Phi) is 10.6. The van der Waals surface area contributed by atoms with E-state index in [1.54, 1.807) is 42.5 Å². The fraction of sp³-hybridized carbons (Fsp3) is 0.486. The third-order valence-corrected chi connectivity index (χ3v) is 11.5. The normalized spacial score (nSPS) is 27.3. The number of carbonyl (C=O) groups is 5. The summed E-state index contributed by atoms with van der Waals surface area (Å²) >= 11 is 0. The van der Waals surface area contributed by atoms with E-state index in [0.29, 0.717) is 23.2 Å². The molecular formula is C37H43FN4O8S. The minimum atomic E-state index is -4.43. The summed E-state index contributed by atoms with van der Waals surface area (Å²) in [6.45, 7) is 2.00. The molecule has 3 heterocycles. The average molecular weight is 723 g/mol.